The lowest BCUT2D eigenvalue weighted by atomic mass is 10.1. The molecule has 1 amide bonds. The van der Waals surface area contributed by atoms with Gasteiger partial charge < -0.3 is 5.32 Å². The van der Waals surface area contributed by atoms with Crippen molar-refractivity contribution in [3.8, 4) is 0 Å². The molecule has 0 spiro atoms. The largest absolute Gasteiger partial charge is 0.353 e. The fraction of sp³-hybridized carbons (Fsp3) is 0.533. The molecule has 0 heterocycles. The standard InChI is InChI=1S/C15H23NO3S/c1-11(2)13(4)16-15(17)10-20(18,19)9-14-8-6-5-7-12(14)3/h5-8,11,13H,9-10H2,1-4H3,(H,16,17). The third kappa shape index (κ3) is 5.33. The molecule has 0 aliphatic rings. The summed E-state index contributed by atoms with van der Waals surface area (Å²) in [7, 11) is -3.44. The van der Waals surface area contributed by atoms with Crippen molar-refractivity contribution in [2.45, 2.75) is 39.5 Å². The molecule has 112 valence electrons. The van der Waals surface area contributed by atoms with Gasteiger partial charge in [-0.1, -0.05) is 38.1 Å². The van der Waals surface area contributed by atoms with E-state index in [4.69, 9.17) is 0 Å². The zero-order valence-corrected chi connectivity index (χ0v) is 13.3. The number of hydrogen-bond donors (Lipinski definition) is 1. The lowest BCUT2D eigenvalue weighted by molar-refractivity contribution is -0.119. The van der Waals surface area contributed by atoms with Gasteiger partial charge in [-0.05, 0) is 30.9 Å². The summed E-state index contributed by atoms with van der Waals surface area (Å²) in [6, 6.07) is 7.28. The first-order valence-corrected chi connectivity index (χ1v) is 8.57. The van der Waals surface area contributed by atoms with Gasteiger partial charge in [-0.15, -0.1) is 0 Å². The van der Waals surface area contributed by atoms with E-state index >= 15 is 0 Å². The van der Waals surface area contributed by atoms with Crippen LogP contribution < -0.4 is 5.32 Å². The van der Waals surface area contributed by atoms with E-state index in [1.54, 1.807) is 12.1 Å². The minimum atomic E-state index is -3.44. The monoisotopic (exact) mass is 297 g/mol. The molecule has 1 aromatic rings. The second-order valence-electron chi connectivity index (χ2n) is 5.56. The Hall–Kier alpha value is -1.36. The van der Waals surface area contributed by atoms with Gasteiger partial charge >= 0.3 is 0 Å². The molecule has 0 aromatic heterocycles. The molecule has 1 rings (SSSR count). The summed E-state index contributed by atoms with van der Waals surface area (Å²) in [5.74, 6) is -0.709. The molecular formula is C15H23NO3S. The number of carbonyl (C=O) groups is 1. The first-order valence-electron chi connectivity index (χ1n) is 6.75. The maximum absolute atomic E-state index is 12.1. The smallest absolute Gasteiger partial charge is 0.235 e. The lowest BCUT2D eigenvalue weighted by Crippen LogP contribution is -2.39. The van der Waals surface area contributed by atoms with E-state index in [2.05, 4.69) is 5.32 Å². The molecule has 1 atom stereocenters. The van der Waals surface area contributed by atoms with E-state index in [0.29, 0.717) is 0 Å². The van der Waals surface area contributed by atoms with Gasteiger partial charge in [-0.2, -0.15) is 0 Å². The minimum Gasteiger partial charge on any atom is -0.353 e. The summed E-state index contributed by atoms with van der Waals surface area (Å²) in [5, 5.41) is 2.72. The third-order valence-corrected chi connectivity index (χ3v) is 4.83. The van der Waals surface area contributed by atoms with Crippen molar-refractivity contribution in [3.05, 3.63) is 35.4 Å². The molecule has 0 fully saturated rings. The molecule has 1 unspecified atom stereocenters. The molecule has 0 saturated heterocycles. The Bertz CT molecular complexity index is 564. The summed E-state index contributed by atoms with van der Waals surface area (Å²) >= 11 is 0. The Labute approximate surface area is 121 Å². The molecule has 0 aliphatic heterocycles. The van der Waals surface area contributed by atoms with E-state index < -0.39 is 21.5 Å². The van der Waals surface area contributed by atoms with Crippen LogP contribution >= 0.6 is 0 Å². The Kier molecular flexibility index (Phi) is 5.74. The summed E-state index contributed by atoms with van der Waals surface area (Å²) in [4.78, 5) is 11.8. The van der Waals surface area contributed by atoms with Crippen molar-refractivity contribution in [2.75, 3.05) is 5.75 Å². The number of sulfone groups is 1. The van der Waals surface area contributed by atoms with Gasteiger partial charge in [-0.3, -0.25) is 4.79 Å². The SMILES string of the molecule is Cc1ccccc1CS(=O)(=O)CC(=O)NC(C)C(C)C. The molecule has 1 N–H and O–H groups in total. The van der Waals surface area contributed by atoms with Gasteiger partial charge in [0.2, 0.25) is 5.91 Å². The maximum atomic E-state index is 12.1. The second kappa shape index (κ2) is 6.88. The normalized spacial score (nSPS) is 13.2. The van der Waals surface area contributed by atoms with Crippen molar-refractivity contribution in [1.82, 2.24) is 5.32 Å². The van der Waals surface area contributed by atoms with Crippen molar-refractivity contribution >= 4 is 15.7 Å². The van der Waals surface area contributed by atoms with Crippen LogP contribution in [0.4, 0.5) is 0 Å². The highest BCUT2D eigenvalue weighted by Crippen LogP contribution is 2.12. The van der Waals surface area contributed by atoms with Crippen LogP contribution in [0.15, 0.2) is 24.3 Å². The van der Waals surface area contributed by atoms with Crippen LogP contribution in [0, 0.1) is 12.8 Å². The van der Waals surface area contributed by atoms with Crippen LogP contribution in [0.2, 0.25) is 0 Å². The summed E-state index contributed by atoms with van der Waals surface area (Å²) in [6.07, 6.45) is 0. The number of amides is 1. The number of carbonyl (C=O) groups excluding carboxylic acids is 1. The van der Waals surface area contributed by atoms with Gasteiger partial charge in [0.1, 0.15) is 5.75 Å². The van der Waals surface area contributed by atoms with E-state index in [1.165, 1.54) is 0 Å². The highest BCUT2D eigenvalue weighted by atomic mass is 32.2. The van der Waals surface area contributed by atoms with E-state index in [-0.39, 0.29) is 17.7 Å². The quantitative estimate of drug-likeness (QED) is 0.874. The molecule has 4 nitrogen and oxygen atoms in total. The summed E-state index contributed by atoms with van der Waals surface area (Å²) < 4.78 is 24.1. The second-order valence-corrected chi connectivity index (χ2v) is 7.62. The van der Waals surface area contributed by atoms with Crippen molar-refractivity contribution in [2.24, 2.45) is 5.92 Å². The van der Waals surface area contributed by atoms with Crippen molar-refractivity contribution < 1.29 is 13.2 Å². The molecule has 5 heteroatoms. The topological polar surface area (TPSA) is 63.2 Å². The van der Waals surface area contributed by atoms with E-state index in [1.807, 2.05) is 39.8 Å². The van der Waals surface area contributed by atoms with Crippen LogP contribution in [0.3, 0.4) is 0 Å². The zero-order chi connectivity index (χ0) is 15.3. The summed E-state index contributed by atoms with van der Waals surface area (Å²) in [6.45, 7) is 7.70. The van der Waals surface area contributed by atoms with Crippen molar-refractivity contribution in [1.29, 1.82) is 0 Å². The predicted octanol–water partition coefficient (Wildman–Crippen LogP) is 2.07. The number of aryl methyl sites for hydroxylation is 1. The van der Waals surface area contributed by atoms with Gasteiger partial charge in [-0.25, -0.2) is 8.42 Å². The van der Waals surface area contributed by atoms with Crippen LogP contribution in [0.25, 0.3) is 0 Å². The van der Waals surface area contributed by atoms with Crippen LogP contribution in [0.1, 0.15) is 31.9 Å². The number of nitrogens with one attached hydrogen (secondary N) is 1. The first kappa shape index (κ1) is 16.7. The predicted molar refractivity (Wildman–Crippen MR) is 81.1 cm³/mol. The molecule has 1 aromatic carbocycles. The highest BCUT2D eigenvalue weighted by molar-refractivity contribution is 7.91. The minimum absolute atomic E-state index is 0.0313. The Morgan fingerprint density at radius 2 is 1.80 bits per heavy atom. The highest BCUT2D eigenvalue weighted by Gasteiger charge is 2.20. The number of benzene rings is 1. The average molecular weight is 297 g/mol. The molecular weight excluding hydrogens is 274 g/mol. The van der Waals surface area contributed by atoms with Crippen molar-refractivity contribution in [3.63, 3.8) is 0 Å². The van der Waals surface area contributed by atoms with Crippen LogP contribution in [-0.2, 0) is 20.4 Å². The molecule has 20 heavy (non-hydrogen) atoms. The maximum Gasteiger partial charge on any atom is 0.235 e. The lowest BCUT2D eigenvalue weighted by Gasteiger charge is -2.17. The van der Waals surface area contributed by atoms with E-state index in [9.17, 15) is 13.2 Å². The zero-order valence-electron chi connectivity index (χ0n) is 12.5. The molecule has 0 aliphatic carbocycles. The van der Waals surface area contributed by atoms with E-state index in [0.717, 1.165) is 11.1 Å². The Morgan fingerprint density at radius 3 is 2.35 bits per heavy atom. The van der Waals surface area contributed by atoms with Gasteiger partial charge in [0.15, 0.2) is 9.84 Å². The fourth-order valence-corrected chi connectivity index (χ4v) is 3.10. The Morgan fingerprint density at radius 1 is 1.20 bits per heavy atom. The first-order chi connectivity index (χ1) is 9.21. The Balaban J connectivity index is 2.67. The fourth-order valence-electron chi connectivity index (χ4n) is 1.72. The summed E-state index contributed by atoms with van der Waals surface area (Å²) in [5.41, 5.74) is 1.67. The van der Waals surface area contributed by atoms with Crippen LogP contribution in [-0.4, -0.2) is 26.1 Å². The average Bonchev–Trinajstić information content (AvgIpc) is 2.30. The van der Waals surface area contributed by atoms with Gasteiger partial charge in [0.25, 0.3) is 0 Å². The van der Waals surface area contributed by atoms with Gasteiger partial charge in [0.05, 0.1) is 5.75 Å². The third-order valence-electron chi connectivity index (χ3n) is 3.38. The molecule has 0 radical (unpaired) electrons. The molecule has 0 bridgehead atoms. The molecule has 0 saturated carbocycles. The van der Waals surface area contributed by atoms with Gasteiger partial charge in [0, 0.05) is 6.04 Å². The van der Waals surface area contributed by atoms with Crippen LogP contribution in [0.5, 0.6) is 0 Å². The number of hydrogen-bond acceptors (Lipinski definition) is 3. The number of rotatable bonds is 6.